The lowest BCUT2D eigenvalue weighted by atomic mass is 10.1. The number of likely N-dealkylation sites (N-methyl/N-ethyl adjacent to an activating group) is 1. The highest BCUT2D eigenvalue weighted by Crippen LogP contribution is 2.15. The summed E-state index contributed by atoms with van der Waals surface area (Å²) in [6, 6.07) is 7.55. The Bertz CT molecular complexity index is 458. The van der Waals surface area contributed by atoms with Gasteiger partial charge in [-0.1, -0.05) is 25.1 Å². The largest absolute Gasteiger partial charge is 0.376 e. The van der Waals surface area contributed by atoms with Crippen molar-refractivity contribution in [2.24, 2.45) is 0 Å². The summed E-state index contributed by atoms with van der Waals surface area (Å²) < 4.78 is 0. The molecule has 0 radical (unpaired) electrons. The lowest BCUT2D eigenvalue weighted by Gasteiger charge is -2.14. The second-order valence-electron chi connectivity index (χ2n) is 4.83. The van der Waals surface area contributed by atoms with Gasteiger partial charge >= 0.3 is 0 Å². The van der Waals surface area contributed by atoms with Crippen LogP contribution in [0.15, 0.2) is 24.3 Å². The highest BCUT2D eigenvalue weighted by Gasteiger charge is 2.10. The van der Waals surface area contributed by atoms with Crippen LogP contribution < -0.4 is 10.6 Å². The third-order valence-electron chi connectivity index (χ3n) is 2.87. The van der Waals surface area contributed by atoms with E-state index in [-0.39, 0.29) is 18.4 Å². The third kappa shape index (κ3) is 5.30. The zero-order chi connectivity index (χ0) is 15.0. The molecule has 0 aliphatic heterocycles. The van der Waals surface area contributed by atoms with Gasteiger partial charge in [-0.05, 0) is 18.1 Å². The number of anilines is 1. The van der Waals surface area contributed by atoms with Crippen molar-refractivity contribution in [2.45, 2.75) is 19.8 Å². The Morgan fingerprint density at radius 2 is 1.90 bits per heavy atom. The average molecular weight is 277 g/mol. The molecule has 1 rings (SSSR count). The van der Waals surface area contributed by atoms with Crippen LogP contribution in [0.3, 0.4) is 0 Å². The fourth-order valence-electron chi connectivity index (χ4n) is 1.67. The first-order valence-corrected chi connectivity index (χ1v) is 6.83. The Morgan fingerprint density at radius 1 is 1.20 bits per heavy atom. The van der Waals surface area contributed by atoms with Crippen molar-refractivity contribution in [3.05, 3.63) is 29.8 Å². The summed E-state index contributed by atoms with van der Waals surface area (Å²) in [5.41, 5.74) is 1.73. The SMILES string of the molecule is CCCNC(=O)CNc1ccccc1CC(=O)N(C)C. The summed E-state index contributed by atoms with van der Waals surface area (Å²) in [6.45, 7) is 2.91. The molecule has 0 fully saturated rings. The summed E-state index contributed by atoms with van der Waals surface area (Å²) in [5, 5.41) is 5.89. The van der Waals surface area contributed by atoms with Crippen LogP contribution in [-0.2, 0) is 16.0 Å². The predicted molar refractivity (Wildman–Crippen MR) is 80.6 cm³/mol. The van der Waals surface area contributed by atoms with E-state index >= 15 is 0 Å². The van der Waals surface area contributed by atoms with Gasteiger partial charge in [-0.3, -0.25) is 9.59 Å². The van der Waals surface area contributed by atoms with Crippen LogP contribution in [0.25, 0.3) is 0 Å². The maximum absolute atomic E-state index is 11.8. The van der Waals surface area contributed by atoms with E-state index < -0.39 is 0 Å². The number of amides is 2. The number of hydrogen-bond donors (Lipinski definition) is 2. The fraction of sp³-hybridized carbons (Fsp3) is 0.467. The predicted octanol–water partition coefficient (Wildman–Crippen LogP) is 1.26. The number of para-hydroxylation sites is 1. The maximum atomic E-state index is 11.8. The van der Waals surface area contributed by atoms with E-state index in [1.165, 1.54) is 0 Å². The zero-order valence-electron chi connectivity index (χ0n) is 12.4. The number of carbonyl (C=O) groups is 2. The highest BCUT2D eigenvalue weighted by atomic mass is 16.2. The molecule has 0 saturated heterocycles. The van der Waals surface area contributed by atoms with Gasteiger partial charge in [0.15, 0.2) is 0 Å². The van der Waals surface area contributed by atoms with Crippen molar-refractivity contribution >= 4 is 17.5 Å². The molecular weight excluding hydrogens is 254 g/mol. The molecule has 110 valence electrons. The molecule has 5 nitrogen and oxygen atoms in total. The van der Waals surface area contributed by atoms with Gasteiger partial charge in [-0.2, -0.15) is 0 Å². The summed E-state index contributed by atoms with van der Waals surface area (Å²) >= 11 is 0. The number of carbonyl (C=O) groups excluding carboxylic acids is 2. The number of rotatable bonds is 7. The van der Waals surface area contributed by atoms with Crippen molar-refractivity contribution in [1.29, 1.82) is 0 Å². The normalized spacial score (nSPS) is 9.95. The topological polar surface area (TPSA) is 61.4 Å². The van der Waals surface area contributed by atoms with Crippen molar-refractivity contribution < 1.29 is 9.59 Å². The minimum Gasteiger partial charge on any atom is -0.376 e. The Hall–Kier alpha value is -2.04. The van der Waals surface area contributed by atoms with Gasteiger partial charge in [0.2, 0.25) is 11.8 Å². The number of hydrogen-bond acceptors (Lipinski definition) is 3. The van der Waals surface area contributed by atoms with Gasteiger partial charge in [-0.25, -0.2) is 0 Å². The molecule has 1 aromatic carbocycles. The highest BCUT2D eigenvalue weighted by molar-refractivity contribution is 5.83. The first-order valence-electron chi connectivity index (χ1n) is 6.83. The molecule has 1 aromatic rings. The first-order chi connectivity index (χ1) is 9.54. The van der Waals surface area contributed by atoms with E-state index in [9.17, 15) is 9.59 Å². The average Bonchev–Trinajstić information content (AvgIpc) is 2.44. The first kappa shape index (κ1) is 16.0. The van der Waals surface area contributed by atoms with Gasteiger partial charge < -0.3 is 15.5 Å². The van der Waals surface area contributed by atoms with Gasteiger partial charge in [0.05, 0.1) is 13.0 Å². The molecule has 20 heavy (non-hydrogen) atoms. The second-order valence-corrected chi connectivity index (χ2v) is 4.83. The summed E-state index contributed by atoms with van der Waals surface area (Å²) in [6.07, 6.45) is 1.24. The van der Waals surface area contributed by atoms with Crippen LogP contribution in [0, 0.1) is 0 Å². The minimum absolute atomic E-state index is 0.0367. The smallest absolute Gasteiger partial charge is 0.239 e. The molecule has 0 aliphatic rings. The summed E-state index contributed by atoms with van der Waals surface area (Å²) in [7, 11) is 3.47. The fourth-order valence-corrected chi connectivity index (χ4v) is 1.67. The van der Waals surface area contributed by atoms with Crippen LogP contribution in [-0.4, -0.2) is 43.9 Å². The number of benzene rings is 1. The molecule has 0 aromatic heterocycles. The molecule has 0 heterocycles. The van der Waals surface area contributed by atoms with Crippen molar-refractivity contribution in [2.75, 3.05) is 32.5 Å². The zero-order valence-corrected chi connectivity index (χ0v) is 12.4. The van der Waals surface area contributed by atoms with Crippen LogP contribution in [0.5, 0.6) is 0 Å². The van der Waals surface area contributed by atoms with E-state index in [4.69, 9.17) is 0 Å². The Kier molecular flexibility index (Phi) is 6.56. The molecule has 2 N–H and O–H groups in total. The van der Waals surface area contributed by atoms with E-state index in [0.717, 1.165) is 17.7 Å². The van der Waals surface area contributed by atoms with E-state index in [1.807, 2.05) is 31.2 Å². The number of nitrogens with zero attached hydrogens (tertiary/aromatic N) is 1. The molecule has 0 atom stereocenters. The molecule has 0 bridgehead atoms. The molecule has 0 spiro atoms. The second kappa shape index (κ2) is 8.19. The molecule has 0 aliphatic carbocycles. The quantitative estimate of drug-likeness (QED) is 0.788. The van der Waals surface area contributed by atoms with Gasteiger partial charge in [0.25, 0.3) is 0 Å². The van der Waals surface area contributed by atoms with E-state index in [2.05, 4.69) is 10.6 Å². The molecular formula is C15H23N3O2. The van der Waals surface area contributed by atoms with Gasteiger partial charge in [-0.15, -0.1) is 0 Å². The monoisotopic (exact) mass is 277 g/mol. The van der Waals surface area contributed by atoms with Gasteiger partial charge in [0, 0.05) is 26.3 Å². The standard InChI is InChI=1S/C15H23N3O2/c1-4-9-16-14(19)11-17-13-8-6-5-7-12(13)10-15(20)18(2)3/h5-8,17H,4,9-11H2,1-3H3,(H,16,19). The lowest BCUT2D eigenvalue weighted by Crippen LogP contribution is -2.30. The van der Waals surface area contributed by atoms with Crippen LogP contribution in [0.4, 0.5) is 5.69 Å². The van der Waals surface area contributed by atoms with Crippen molar-refractivity contribution in [3.8, 4) is 0 Å². The third-order valence-corrected chi connectivity index (χ3v) is 2.87. The Morgan fingerprint density at radius 3 is 2.55 bits per heavy atom. The Balaban J connectivity index is 2.61. The van der Waals surface area contributed by atoms with Crippen molar-refractivity contribution in [3.63, 3.8) is 0 Å². The lowest BCUT2D eigenvalue weighted by molar-refractivity contribution is -0.128. The van der Waals surface area contributed by atoms with Crippen molar-refractivity contribution in [1.82, 2.24) is 10.2 Å². The van der Waals surface area contributed by atoms with Crippen LogP contribution in [0.2, 0.25) is 0 Å². The maximum Gasteiger partial charge on any atom is 0.239 e. The Labute approximate surface area is 120 Å². The number of nitrogens with one attached hydrogen (secondary N) is 2. The molecule has 0 unspecified atom stereocenters. The molecule has 2 amide bonds. The minimum atomic E-state index is -0.0411. The molecule has 5 heteroatoms. The van der Waals surface area contributed by atoms with Crippen LogP contribution >= 0.6 is 0 Å². The van der Waals surface area contributed by atoms with E-state index in [0.29, 0.717) is 13.0 Å². The van der Waals surface area contributed by atoms with E-state index in [1.54, 1.807) is 19.0 Å². The summed E-state index contributed by atoms with van der Waals surface area (Å²) in [4.78, 5) is 24.9. The van der Waals surface area contributed by atoms with Crippen LogP contribution in [0.1, 0.15) is 18.9 Å². The summed E-state index contributed by atoms with van der Waals surface area (Å²) in [5.74, 6) is -0.00438. The molecule has 0 saturated carbocycles. The van der Waals surface area contributed by atoms with Gasteiger partial charge in [0.1, 0.15) is 0 Å².